The Morgan fingerprint density at radius 3 is 2.50 bits per heavy atom. The number of rotatable bonds is 1. The van der Waals surface area contributed by atoms with Crippen LogP contribution in [-0.4, -0.2) is 18.9 Å². The van der Waals surface area contributed by atoms with Gasteiger partial charge in [-0.15, -0.1) is 0 Å². The van der Waals surface area contributed by atoms with E-state index in [1.54, 1.807) is 6.07 Å². The monoisotopic (exact) mass is 292 g/mol. The highest BCUT2D eigenvalue weighted by Crippen LogP contribution is 2.47. The van der Waals surface area contributed by atoms with Gasteiger partial charge >= 0.3 is 5.97 Å². The van der Waals surface area contributed by atoms with Crippen molar-refractivity contribution >= 4 is 11.8 Å². The molecule has 4 rings (SSSR count). The largest absolute Gasteiger partial charge is 0.465 e. The summed E-state index contributed by atoms with van der Waals surface area (Å²) in [6.07, 6.45) is 2.27. The Morgan fingerprint density at radius 2 is 1.73 bits per heavy atom. The molecule has 2 aromatic rings. The van der Waals surface area contributed by atoms with Crippen molar-refractivity contribution in [2.75, 3.05) is 7.11 Å². The zero-order valence-corrected chi connectivity index (χ0v) is 12.4. The zero-order chi connectivity index (χ0) is 15.3. The molecule has 1 unspecified atom stereocenters. The molecule has 1 atom stereocenters. The Kier molecular flexibility index (Phi) is 2.73. The molecule has 110 valence electrons. The maximum atomic E-state index is 12.9. The van der Waals surface area contributed by atoms with E-state index in [1.807, 2.05) is 36.4 Å². The van der Waals surface area contributed by atoms with Gasteiger partial charge in [0.25, 0.3) is 0 Å². The fourth-order valence-electron chi connectivity index (χ4n) is 3.91. The van der Waals surface area contributed by atoms with E-state index in [0.29, 0.717) is 12.0 Å². The van der Waals surface area contributed by atoms with Gasteiger partial charge in [-0.05, 0) is 48.1 Å². The normalized spacial score (nSPS) is 21.8. The molecule has 0 fully saturated rings. The van der Waals surface area contributed by atoms with E-state index < -0.39 is 0 Å². The minimum absolute atomic E-state index is 0.249. The highest BCUT2D eigenvalue weighted by Gasteiger charge is 2.48. The van der Waals surface area contributed by atoms with Crippen LogP contribution in [0, 0.1) is 5.41 Å². The predicted molar refractivity (Wildman–Crippen MR) is 82.1 cm³/mol. The number of ketones is 1. The molecule has 0 radical (unpaired) electrons. The Morgan fingerprint density at radius 1 is 1.00 bits per heavy atom. The van der Waals surface area contributed by atoms with E-state index >= 15 is 0 Å². The quantitative estimate of drug-likeness (QED) is 0.759. The molecule has 0 aliphatic heterocycles. The molecule has 0 heterocycles. The van der Waals surface area contributed by atoms with Gasteiger partial charge in [0, 0.05) is 11.0 Å². The van der Waals surface area contributed by atoms with Crippen LogP contribution in [0.1, 0.15) is 37.4 Å². The van der Waals surface area contributed by atoms with Crippen molar-refractivity contribution in [2.24, 2.45) is 5.41 Å². The van der Waals surface area contributed by atoms with Gasteiger partial charge in [-0.1, -0.05) is 30.3 Å². The third-order valence-electron chi connectivity index (χ3n) is 4.96. The fourth-order valence-corrected chi connectivity index (χ4v) is 3.91. The number of methoxy groups -OCH3 is 1. The number of hydrogen-bond donors (Lipinski definition) is 0. The van der Waals surface area contributed by atoms with Crippen molar-refractivity contribution in [1.29, 1.82) is 0 Å². The second kappa shape index (κ2) is 4.54. The fraction of sp³-hybridized carbons (Fsp3) is 0.263. The first-order valence-corrected chi connectivity index (χ1v) is 7.46. The predicted octanol–water partition coefficient (Wildman–Crippen LogP) is 3.00. The Hall–Kier alpha value is -2.42. The molecular formula is C19H16O3. The third-order valence-corrected chi connectivity index (χ3v) is 4.96. The van der Waals surface area contributed by atoms with Crippen molar-refractivity contribution in [3.05, 3.63) is 70.3 Å². The average molecular weight is 292 g/mol. The summed E-state index contributed by atoms with van der Waals surface area (Å²) in [7, 11) is 1.38. The van der Waals surface area contributed by atoms with Gasteiger partial charge < -0.3 is 4.74 Å². The summed E-state index contributed by atoms with van der Waals surface area (Å²) in [5, 5.41) is 0. The molecule has 0 aromatic heterocycles. The SMILES string of the molecule is COC(=O)c1ccc2c(c1)CC1(C2)Cc2ccccc2C1=O. The van der Waals surface area contributed by atoms with Gasteiger partial charge in [0.05, 0.1) is 12.7 Å². The van der Waals surface area contributed by atoms with Crippen LogP contribution in [0.25, 0.3) is 0 Å². The Balaban J connectivity index is 1.71. The minimum atomic E-state index is -0.346. The lowest BCUT2D eigenvalue weighted by Crippen LogP contribution is -2.28. The van der Waals surface area contributed by atoms with Crippen LogP contribution in [-0.2, 0) is 24.0 Å². The minimum Gasteiger partial charge on any atom is -0.465 e. The maximum absolute atomic E-state index is 12.9. The van der Waals surface area contributed by atoms with Gasteiger partial charge in [0.1, 0.15) is 0 Å². The lowest BCUT2D eigenvalue weighted by Gasteiger charge is -2.20. The number of esters is 1. The van der Waals surface area contributed by atoms with Gasteiger partial charge in [-0.2, -0.15) is 0 Å². The van der Waals surface area contributed by atoms with Crippen LogP contribution >= 0.6 is 0 Å². The average Bonchev–Trinajstić information content (AvgIpc) is 3.04. The van der Waals surface area contributed by atoms with Crippen LogP contribution in [0.5, 0.6) is 0 Å². The standard InChI is InChI=1S/C19H16O3/c1-22-18(21)12-6-7-13-9-19(11-15(13)8-12)10-14-4-2-3-5-16(14)17(19)20/h2-8H,9-11H2,1H3. The van der Waals surface area contributed by atoms with Crippen molar-refractivity contribution in [3.8, 4) is 0 Å². The smallest absolute Gasteiger partial charge is 0.337 e. The summed E-state index contributed by atoms with van der Waals surface area (Å²) < 4.78 is 4.78. The summed E-state index contributed by atoms with van der Waals surface area (Å²) >= 11 is 0. The highest BCUT2D eigenvalue weighted by atomic mass is 16.5. The molecule has 2 aliphatic carbocycles. The summed E-state index contributed by atoms with van der Waals surface area (Å²) in [6.45, 7) is 0. The van der Waals surface area contributed by atoms with Gasteiger partial charge in [-0.3, -0.25) is 4.79 Å². The number of Topliss-reactive ketones (excluding diaryl/α,β-unsaturated/α-hetero) is 1. The van der Waals surface area contributed by atoms with Crippen LogP contribution in [0.15, 0.2) is 42.5 Å². The van der Waals surface area contributed by atoms with E-state index in [9.17, 15) is 9.59 Å². The summed E-state index contributed by atoms with van der Waals surface area (Å²) in [5.74, 6) is -0.0799. The van der Waals surface area contributed by atoms with Crippen molar-refractivity contribution < 1.29 is 14.3 Å². The van der Waals surface area contributed by atoms with E-state index in [0.717, 1.165) is 29.5 Å². The number of hydrogen-bond acceptors (Lipinski definition) is 3. The number of carbonyl (C=O) groups excluding carboxylic acids is 2. The first-order valence-electron chi connectivity index (χ1n) is 7.46. The third kappa shape index (κ3) is 1.75. The molecule has 2 aliphatic rings. The second-order valence-electron chi connectivity index (χ2n) is 6.27. The second-order valence-corrected chi connectivity index (χ2v) is 6.27. The molecule has 1 spiro atoms. The lowest BCUT2D eigenvalue weighted by molar-refractivity contribution is 0.0600. The molecular weight excluding hydrogens is 276 g/mol. The first kappa shape index (κ1) is 13.3. The van der Waals surface area contributed by atoms with E-state index in [-0.39, 0.29) is 17.2 Å². The summed E-state index contributed by atoms with van der Waals surface area (Å²) in [6, 6.07) is 13.5. The van der Waals surface area contributed by atoms with Gasteiger partial charge in [0.15, 0.2) is 5.78 Å². The van der Waals surface area contributed by atoms with Crippen molar-refractivity contribution in [1.82, 2.24) is 0 Å². The van der Waals surface area contributed by atoms with Crippen LogP contribution in [0.4, 0.5) is 0 Å². The number of benzene rings is 2. The number of fused-ring (bicyclic) bond motifs is 2. The Labute approximate surface area is 128 Å². The first-order chi connectivity index (χ1) is 10.6. The molecule has 0 amide bonds. The number of carbonyl (C=O) groups is 2. The van der Waals surface area contributed by atoms with Crippen LogP contribution in [0.2, 0.25) is 0 Å². The van der Waals surface area contributed by atoms with Gasteiger partial charge in [-0.25, -0.2) is 4.79 Å². The molecule has 3 heteroatoms. The maximum Gasteiger partial charge on any atom is 0.337 e. The van der Waals surface area contributed by atoms with Gasteiger partial charge in [0.2, 0.25) is 0 Å². The molecule has 0 saturated heterocycles. The van der Waals surface area contributed by atoms with E-state index in [2.05, 4.69) is 0 Å². The zero-order valence-electron chi connectivity index (χ0n) is 12.4. The molecule has 0 N–H and O–H groups in total. The molecule has 0 bridgehead atoms. The summed E-state index contributed by atoms with van der Waals surface area (Å²) in [4.78, 5) is 24.6. The van der Waals surface area contributed by atoms with Crippen molar-refractivity contribution in [3.63, 3.8) is 0 Å². The topological polar surface area (TPSA) is 43.4 Å². The molecule has 2 aromatic carbocycles. The molecule has 0 saturated carbocycles. The van der Waals surface area contributed by atoms with Crippen LogP contribution < -0.4 is 0 Å². The van der Waals surface area contributed by atoms with E-state index in [4.69, 9.17) is 4.74 Å². The highest BCUT2D eigenvalue weighted by molar-refractivity contribution is 6.05. The van der Waals surface area contributed by atoms with Crippen molar-refractivity contribution in [2.45, 2.75) is 19.3 Å². The number of ether oxygens (including phenoxy) is 1. The van der Waals surface area contributed by atoms with E-state index in [1.165, 1.54) is 12.7 Å². The Bertz CT molecular complexity index is 806. The summed E-state index contributed by atoms with van der Waals surface area (Å²) in [5.41, 5.74) is 4.50. The molecule has 22 heavy (non-hydrogen) atoms. The lowest BCUT2D eigenvalue weighted by atomic mass is 9.81. The molecule has 3 nitrogen and oxygen atoms in total. The van der Waals surface area contributed by atoms with Crippen LogP contribution in [0.3, 0.4) is 0 Å².